The summed E-state index contributed by atoms with van der Waals surface area (Å²) >= 11 is 0. The van der Waals surface area contributed by atoms with Crippen LogP contribution in [0.1, 0.15) is 33.3 Å². The Kier molecular flexibility index (Phi) is 6.23. The second-order valence-electron chi connectivity index (χ2n) is 5.83. The molecule has 1 aromatic carbocycles. The lowest BCUT2D eigenvalue weighted by molar-refractivity contribution is -0.289. The predicted octanol–water partition coefficient (Wildman–Crippen LogP) is 3.50. The molecule has 0 aromatic heterocycles. The normalized spacial score (nSPS) is 16.7. The molecule has 1 rings (SSSR count). The fourth-order valence-corrected chi connectivity index (χ4v) is 2.68. The lowest BCUT2D eigenvalue weighted by Crippen LogP contribution is -2.58. The molecule has 4 nitrogen and oxygen atoms in total. The zero-order valence-corrected chi connectivity index (χ0v) is 14.6. The average Bonchev–Trinajstić information content (AvgIpc) is 2.44. The highest BCUT2D eigenvalue weighted by Gasteiger charge is 2.59. The third-order valence-electron chi connectivity index (χ3n) is 3.03. The van der Waals surface area contributed by atoms with E-state index in [0.717, 1.165) is 0 Å². The Morgan fingerprint density at radius 1 is 1.22 bits per heavy atom. The van der Waals surface area contributed by atoms with Crippen LogP contribution in [0.2, 0.25) is 0 Å². The van der Waals surface area contributed by atoms with Gasteiger partial charge in [0.05, 0.1) is 22.8 Å². The first-order chi connectivity index (χ1) is 10.5. The zero-order valence-electron chi connectivity index (χ0n) is 13.8. The molecule has 1 aromatic rings. The Hall–Kier alpha value is -1.12. The number of halogens is 3. The number of ether oxygens (including phenoxy) is 2. The van der Waals surface area contributed by atoms with Crippen molar-refractivity contribution in [2.24, 2.45) is 0 Å². The van der Waals surface area contributed by atoms with Crippen molar-refractivity contribution >= 4 is 11.0 Å². The van der Waals surface area contributed by atoms with Gasteiger partial charge in [0.2, 0.25) is 0 Å². The summed E-state index contributed by atoms with van der Waals surface area (Å²) in [7, 11) is -0.643. The SMILES string of the molecule is CCOC(NS(=O)C(C)(C)C)(c1cccc(OC)c1)C(F)(F)F. The summed E-state index contributed by atoms with van der Waals surface area (Å²) in [5.41, 5.74) is -3.10. The quantitative estimate of drug-likeness (QED) is 0.797. The molecule has 132 valence electrons. The first kappa shape index (κ1) is 19.9. The molecule has 8 heteroatoms. The maximum atomic E-state index is 13.9. The molecule has 0 aliphatic heterocycles. The van der Waals surface area contributed by atoms with Crippen LogP contribution in [0.25, 0.3) is 0 Å². The predicted molar refractivity (Wildman–Crippen MR) is 83.4 cm³/mol. The van der Waals surface area contributed by atoms with Gasteiger partial charge in [0, 0.05) is 12.2 Å². The van der Waals surface area contributed by atoms with E-state index in [1.165, 1.54) is 38.3 Å². The van der Waals surface area contributed by atoms with Crippen molar-refractivity contribution in [3.8, 4) is 5.75 Å². The lowest BCUT2D eigenvalue weighted by atomic mass is 10.0. The van der Waals surface area contributed by atoms with Crippen molar-refractivity contribution in [2.75, 3.05) is 13.7 Å². The van der Waals surface area contributed by atoms with Gasteiger partial charge in [-0.15, -0.1) is 0 Å². The highest BCUT2D eigenvalue weighted by Crippen LogP contribution is 2.42. The van der Waals surface area contributed by atoms with E-state index >= 15 is 0 Å². The van der Waals surface area contributed by atoms with Crippen LogP contribution in [-0.4, -0.2) is 28.8 Å². The molecule has 23 heavy (non-hydrogen) atoms. The molecule has 0 amide bonds. The van der Waals surface area contributed by atoms with Crippen molar-refractivity contribution in [2.45, 2.75) is 44.3 Å². The molecule has 0 fully saturated rings. The second-order valence-corrected chi connectivity index (χ2v) is 7.79. The van der Waals surface area contributed by atoms with Gasteiger partial charge in [0.25, 0.3) is 5.72 Å². The minimum atomic E-state index is -4.82. The standard InChI is InChI=1S/C15H22F3NO3S/c1-6-22-14(15(16,17)18,19-23(20)13(2,3)4)11-8-7-9-12(10-11)21-5/h7-10,19H,6H2,1-5H3. The molecule has 0 bridgehead atoms. The van der Waals surface area contributed by atoms with Crippen molar-refractivity contribution in [3.63, 3.8) is 0 Å². The van der Waals surface area contributed by atoms with Crippen LogP contribution < -0.4 is 9.46 Å². The van der Waals surface area contributed by atoms with Gasteiger partial charge in [0.15, 0.2) is 0 Å². The van der Waals surface area contributed by atoms with Gasteiger partial charge in [-0.1, -0.05) is 12.1 Å². The Morgan fingerprint density at radius 2 is 1.83 bits per heavy atom. The smallest absolute Gasteiger partial charge is 0.436 e. The number of hydrogen-bond donors (Lipinski definition) is 1. The van der Waals surface area contributed by atoms with E-state index in [2.05, 4.69) is 4.72 Å². The maximum absolute atomic E-state index is 13.9. The zero-order chi connectivity index (χ0) is 17.9. The molecule has 0 aliphatic rings. The summed E-state index contributed by atoms with van der Waals surface area (Å²) in [5.74, 6) is 0.249. The number of alkyl halides is 3. The summed E-state index contributed by atoms with van der Waals surface area (Å²) in [6.07, 6.45) is -4.82. The summed E-state index contributed by atoms with van der Waals surface area (Å²) in [6, 6.07) is 5.43. The van der Waals surface area contributed by atoms with E-state index in [-0.39, 0.29) is 17.9 Å². The topological polar surface area (TPSA) is 47.6 Å². The van der Waals surface area contributed by atoms with E-state index in [1.54, 1.807) is 20.8 Å². The van der Waals surface area contributed by atoms with Crippen LogP contribution in [0.3, 0.4) is 0 Å². The first-order valence-electron chi connectivity index (χ1n) is 7.03. The number of nitrogens with one attached hydrogen (secondary N) is 1. The number of methoxy groups -OCH3 is 1. The van der Waals surface area contributed by atoms with Crippen molar-refractivity contribution < 1.29 is 26.9 Å². The van der Waals surface area contributed by atoms with Crippen LogP contribution in [0.5, 0.6) is 5.75 Å². The van der Waals surface area contributed by atoms with E-state index < -0.39 is 27.6 Å². The van der Waals surface area contributed by atoms with Crippen molar-refractivity contribution in [1.82, 2.24) is 4.72 Å². The van der Waals surface area contributed by atoms with E-state index in [9.17, 15) is 17.4 Å². The summed E-state index contributed by atoms with van der Waals surface area (Å²) < 4.78 is 65.2. The van der Waals surface area contributed by atoms with Crippen molar-refractivity contribution in [1.29, 1.82) is 0 Å². The average molecular weight is 353 g/mol. The largest absolute Gasteiger partial charge is 0.497 e. The molecule has 0 heterocycles. The van der Waals surface area contributed by atoms with E-state index in [4.69, 9.17) is 9.47 Å². The van der Waals surface area contributed by atoms with Crippen LogP contribution in [0, 0.1) is 0 Å². The number of hydrogen-bond acceptors (Lipinski definition) is 3. The molecule has 0 saturated heterocycles. The minimum absolute atomic E-state index is 0.217. The first-order valence-corrected chi connectivity index (χ1v) is 8.18. The molecule has 0 aliphatic carbocycles. The highest BCUT2D eigenvalue weighted by molar-refractivity contribution is 7.84. The fourth-order valence-electron chi connectivity index (χ4n) is 1.82. The van der Waals surface area contributed by atoms with E-state index in [1.807, 2.05) is 0 Å². The van der Waals surface area contributed by atoms with Crippen LogP contribution >= 0.6 is 0 Å². The molecule has 1 N–H and O–H groups in total. The molecular formula is C15H22F3NO3S. The molecule has 2 atom stereocenters. The summed E-state index contributed by atoms with van der Waals surface area (Å²) in [6.45, 7) is 5.96. The van der Waals surface area contributed by atoms with E-state index in [0.29, 0.717) is 0 Å². The number of rotatable bonds is 6. The molecule has 2 unspecified atom stereocenters. The number of benzene rings is 1. The molecular weight excluding hydrogens is 331 g/mol. The third kappa shape index (κ3) is 4.45. The van der Waals surface area contributed by atoms with Crippen LogP contribution in [-0.2, 0) is 21.4 Å². The van der Waals surface area contributed by atoms with Gasteiger partial charge < -0.3 is 9.47 Å². The van der Waals surface area contributed by atoms with Gasteiger partial charge in [-0.3, -0.25) is 0 Å². The third-order valence-corrected chi connectivity index (χ3v) is 4.61. The fraction of sp³-hybridized carbons (Fsp3) is 0.600. The Labute approximate surface area is 136 Å². The summed E-state index contributed by atoms with van der Waals surface area (Å²) in [4.78, 5) is 0. The Balaban J connectivity index is 3.48. The molecule has 0 saturated carbocycles. The Morgan fingerprint density at radius 3 is 2.26 bits per heavy atom. The second kappa shape index (κ2) is 7.19. The Bertz CT molecular complexity index is 558. The highest BCUT2D eigenvalue weighted by atomic mass is 32.2. The lowest BCUT2D eigenvalue weighted by Gasteiger charge is -2.37. The van der Waals surface area contributed by atoms with Gasteiger partial charge in [0.1, 0.15) is 5.75 Å². The van der Waals surface area contributed by atoms with Gasteiger partial charge >= 0.3 is 6.18 Å². The monoisotopic (exact) mass is 353 g/mol. The van der Waals surface area contributed by atoms with Gasteiger partial charge in [-0.2, -0.15) is 17.9 Å². The molecule has 0 spiro atoms. The van der Waals surface area contributed by atoms with Crippen LogP contribution in [0.4, 0.5) is 13.2 Å². The van der Waals surface area contributed by atoms with Gasteiger partial charge in [-0.05, 0) is 39.8 Å². The van der Waals surface area contributed by atoms with Crippen LogP contribution in [0.15, 0.2) is 24.3 Å². The molecule has 0 radical (unpaired) electrons. The summed E-state index contributed by atoms with van der Waals surface area (Å²) in [5, 5.41) is 0. The maximum Gasteiger partial charge on any atom is 0.436 e. The van der Waals surface area contributed by atoms with Gasteiger partial charge in [-0.25, -0.2) is 4.21 Å². The minimum Gasteiger partial charge on any atom is -0.497 e. The van der Waals surface area contributed by atoms with Crippen molar-refractivity contribution in [3.05, 3.63) is 29.8 Å².